The second-order valence-electron chi connectivity index (χ2n) is 5.43. The number of aliphatic hydroxyl groups is 1. The van der Waals surface area contributed by atoms with E-state index in [1.165, 1.54) is 24.3 Å². The van der Waals surface area contributed by atoms with Gasteiger partial charge >= 0.3 is 7.60 Å². The molecule has 0 aliphatic carbocycles. The number of rotatable bonds is 4. The predicted molar refractivity (Wildman–Crippen MR) is 69.7 cm³/mol. The predicted octanol–water partition coefficient (Wildman–Crippen LogP) is 0.298. The Labute approximate surface area is 106 Å². The Kier molecular flexibility index (Phi) is 3.91. The molecule has 0 fully saturated rings. The summed E-state index contributed by atoms with van der Waals surface area (Å²) in [5.41, 5.74) is 6.16. The van der Waals surface area contributed by atoms with Gasteiger partial charge in [-0.1, -0.05) is 12.1 Å². The average molecular weight is 275 g/mol. The van der Waals surface area contributed by atoms with Gasteiger partial charge < -0.3 is 25.1 Å². The zero-order valence-corrected chi connectivity index (χ0v) is 11.6. The quantitative estimate of drug-likeness (QED) is 0.359. The number of nitrogens with two attached hydrogens (primary N) is 1. The maximum absolute atomic E-state index is 11.6. The number of likely N-dealkylation sites (N-methyl/N-ethyl adjacent to an activating group) is 1. The van der Waals surface area contributed by atoms with E-state index in [0.717, 1.165) is 0 Å². The Balaban J connectivity index is 3.30. The normalized spacial score (nSPS) is 16.3. The van der Waals surface area contributed by atoms with E-state index in [-0.39, 0.29) is 16.6 Å². The molecule has 1 rings (SSSR count). The molecule has 0 aliphatic rings. The number of hydrogen-bond donors (Lipinski definition) is 4. The van der Waals surface area contributed by atoms with Crippen LogP contribution in [0, 0.1) is 0 Å². The first-order valence-electron chi connectivity index (χ1n) is 5.40. The third-order valence-electron chi connectivity index (χ3n) is 2.55. The van der Waals surface area contributed by atoms with Crippen LogP contribution >= 0.6 is 7.60 Å². The summed E-state index contributed by atoms with van der Waals surface area (Å²) in [6, 6.07) is 5.88. The zero-order chi connectivity index (χ0) is 14.2. The van der Waals surface area contributed by atoms with Gasteiger partial charge in [0.25, 0.3) is 0 Å². The van der Waals surface area contributed by atoms with Gasteiger partial charge in [0, 0.05) is 11.3 Å². The lowest BCUT2D eigenvalue weighted by Gasteiger charge is -2.35. The minimum Gasteiger partial charge on any atom is -0.399 e. The highest BCUT2D eigenvalue weighted by molar-refractivity contribution is 7.52. The van der Waals surface area contributed by atoms with E-state index in [9.17, 15) is 19.5 Å². The number of anilines is 1. The van der Waals surface area contributed by atoms with Crippen molar-refractivity contribution < 1.29 is 23.9 Å². The van der Waals surface area contributed by atoms with Crippen molar-refractivity contribution in [2.75, 3.05) is 33.4 Å². The van der Waals surface area contributed by atoms with Crippen LogP contribution in [0.3, 0.4) is 0 Å². The van der Waals surface area contributed by atoms with Gasteiger partial charge in [0.05, 0.1) is 21.1 Å². The van der Waals surface area contributed by atoms with Crippen LogP contribution < -0.4 is 5.73 Å². The van der Waals surface area contributed by atoms with Crippen molar-refractivity contribution in [1.29, 1.82) is 0 Å². The minimum atomic E-state index is -4.72. The zero-order valence-electron chi connectivity index (χ0n) is 10.7. The van der Waals surface area contributed by atoms with Gasteiger partial charge in [-0.3, -0.25) is 4.57 Å². The largest absolute Gasteiger partial charge is 0.399 e. The fourth-order valence-electron chi connectivity index (χ4n) is 1.76. The molecule has 0 aromatic heterocycles. The van der Waals surface area contributed by atoms with E-state index >= 15 is 0 Å². The van der Waals surface area contributed by atoms with Gasteiger partial charge in [0.15, 0.2) is 0 Å². The smallest absolute Gasteiger partial charge is 0.367 e. The van der Waals surface area contributed by atoms with Crippen molar-refractivity contribution in [2.45, 2.75) is 5.34 Å². The summed E-state index contributed by atoms with van der Waals surface area (Å²) >= 11 is 0. The molecule has 0 amide bonds. The van der Waals surface area contributed by atoms with Crippen LogP contribution in [0.4, 0.5) is 5.69 Å². The number of hydrogen-bond acceptors (Lipinski definition) is 3. The van der Waals surface area contributed by atoms with Crippen LogP contribution in [-0.4, -0.2) is 47.1 Å². The minimum absolute atomic E-state index is 0.110. The highest BCUT2D eigenvalue weighted by Gasteiger charge is 2.50. The molecule has 5 N–H and O–H groups in total. The lowest BCUT2D eigenvalue weighted by atomic mass is 10.1. The van der Waals surface area contributed by atoms with E-state index in [4.69, 9.17) is 5.73 Å². The van der Waals surface area contributed by atoms with Gasteiger partial charge in [0.1, 0.15) is 6.54 Å². The number of quaternary nitrogens is 1. The van der Waals surface area contributed by atoms with Crippen molar-refractivity contribution in [3.05, 3.63) is 29.8 Å². The fraction of sp³-hybridized carbons (Fsp3) is 0.455. The molecule has 0 heterocycles. The third kappa shape index (κ3) is 3.31. The van der Waals surface area contributed by atoms with Crippen LogP contribution in [0.1, 0.15) is 5.56 Å². The van der Waals surface area contributed by atoms with Crippen molar-refractivity contribution >= 4 is 13.3 Å². The molecule has 0 radical (unpaired) electrons. The summed E-state index contributed by atoms with van der Waals surface area (Å²) in [6.07, 6.45) is 0. The molecule has 1 unspecified atom stereocenters. The van der Waals surface area contributed by atoms with E-state index in [0.29, 0.717) is 5.69 Å². The molecule has 0 spiro atoms. The van der Waals surface area contributed by atoms with Gasteiger partial charge in [-0.15, -0.1) is 0 Å². The number of benzene rings is 1. The van der Waals surface area contributed by atoms with Crippen molar-refractivity contribution in [1.82, 2.24) is 0 Å². The SMILES string of the molecule is C[N+](C)(C)CC(O)(c1ccc(N)cc1)P(=O)(O)O. The lowest BCUT2D eigenvalue weighted by molar-refractivity contribution is -0.876. The first kappa shape index (κ1) is 15.1. The van der Waals surface area contributed by atoms with E-state index < -0.39 is 12.9 Å². The second kappa shape index (κ2) is 4.64. The van der Waals surface area contributed by atoms with Crippen LogP contribution in [0.2, 0.25) is 0 Å². The molecule has 1 aromatic rings. The molecule has 18 heavy (non-hydrogen) atoms. The van der Waals surface area contributed by atoms with Gasteiger partial charge in [-0.25, -0.2) is 0 Å². The first-order valence-corrected chi connectivity index (χ1v) is 7.01. The Morgan fingerprint density at radius 3 is 2.00 bits per heavy atom. The van der Waals surface area contributed by atoms with Gasteiger partial charge in [0.2, 0.25) is 5.34 Å². The molecule has 1 atom stereocenters. The Morgan fingerprint density at radius 1 is 1.22 bits per heavy atom. The first-order chi connectivity index (χ1) is 7.96. The molecule has 0 bridgehead atoms. The molecule has 6 nitrogen and oxygen atoms in total. The monoisotopic (exact) mass is 275 g/mol. The van der Waals surface area contributed by atoms with Crippen LogP contribution in [0.5, 0.6) is 0 Å². The molecular weight excluding hydrogens is 255 g/mol. The van der Waals surface area contributed by atoms with E-state index in [2.05, 4.69) is 0 Å². The molecule has 0 saturated carbocycles. The van der Waals surface area contributed by atoms with Crippen molar-refractivity contribution in [2.24, 2.45) is 0 Å². The highest BCUT2D eigenvalue weighted by atomic mass is 31.2. The van der Waals surface area contributed by atoms with Crippen LogP contribution in [-0.2, 0) is 9.91 Å². The number of nitrogens with zero attached hydrogens (tertiary/aromatic N) is 1. The third-order valence-corrected chi connectivity index (χ3v) is 3.91. The molecular formula is C11H20N2O4P+. The number of nitrogen functional groups attached to an aromatic ring is 1. The molecule has 1 aromatic carbocycles. The average Bonchev–Trinajstić information content (AvgIpc) is 2.13. The van der Waals surface area contributed by atoms with Crippen molar-refractivity contribution in [3.8, 4) is 0 Å². The summed E-state index contributed by atoms with van der Waals surface area (Å²) in [4.78, 5) is 18.9. The molecule has 0 saturated heterocycles. The Morgan fingerprint density at radius 2 is 1.67 bits per heavy atom. The molecule has 102 valence electrons. The Hall–Kier alpha value is -0.910. The van der Waals surface area contributed by atoms with Gasteiger partial charge in [-0.05, 0) is 12.1 Å². The summed E-state index contributed by atoms with van der Waals surface area (Å²) in [5.74, 6) is 0. The molecule has 0 aliphatic heterocycles. The molecule has 7 heteroatoms. The van der Waals surface area contributed by atoms with E-state index in [1.807, 2.05) is 0 Å². The van der Waals surface area contributed by atoms with Gasteiger partial charge in [-0.2, -0.15) is 0 Å². The summed E-state index contributed by atoms with van der Waals surface area (Å²) < 4.78 is 11.8. The van der Waals surface area contributed by atoms with E-state index in [1.54, 1.807) is 21.1 Å². The summed E-state index contributed by atoms with van der Waals surface area (Å²) in [5, 5.41) is 8.22. The van der Waals surface area contributed by atoms with Crippen LogP contribution in [0.25, 0.3) is 0 Å². The van der Waals surface area contributed by atoms with Crippen LogP contribution in [0.15, 0.2) is 24.3 Å². The highest BCUT2D eigenvalue weighted by Crippen LogP contribution is 2.55. The second-order valence-corrected chi connectivity index (χ2v) is 7.26. The standard InChI is InChI=1S/C11H19N2O4P/c1-13(2,3)8-11(14,18(15,16)17)9-4-6-10(12)7-5-9/h4-7,14H,8,12H2,1-3H3,(H-,15,16,17)/p+1. The fourth-order valence-corrected chi connectivity index (χ4v) is 2.86. The maximum atomic E-state index is 11.6. The lowest BCUT2D eigenvalue weighted by Crippen LogP contribution is -2.47. The summed E-state index contributed by atoms with van der Waals surface area (Å²) in [6.45, 7) is -0.110. The summed E-state index contributed by atoms with van der Waals surface area (Å²) in [7, 11) is 0.522. The maximum Gasteiger partial charge on any atom is 0.367 e. The van der Waals surface area contributed by atoms with Crippen molar-refractivity contribution in [3.63, 3.8) is 0 Å². The topological polar surface area (TPSA) is 104 Å². The Bertz CT molecular complexity index is 463.